The largest absolute Gasteiger partial charge is 0.507 e. The van der Waals surface area contributed by atoms with Gasteiger partial charge in [0.05, 0.1) is 11.1 Å². The minimum Gasteiger partial charge on any atom is -0.507 e. The molecule has 0 saturated carbocycles. The van der Waals surface area contributed by atoms with Gasteiger partial charge in [-0.15, -0.1) is 0 Å². The number of hydrogen-bond donors (Lipinski definition) is 1. The predicted molar refractivity (Wildman–Crippen MR) is 55.7 cm³/mol. The Morgan fingerprint density at radius 2 is 1.94 bits per heavy atom. The molecular formula is C11H5ClF4O2. The van der Waals surface area contributed by atoms with Crippen LogP contribution in [0.25, 0.3) is 5.76 Å². The molecule has 0 amide bonds. The lowest BCUT2D eigenvalue weighted by Crippen LogP contribution is -2.25. The maximum absolute atomic E-state index is 13.5. The smallest absolute Gasteiger partial charge is 0.454 e. The first kappa shape index (κ1) is 12.9. The van der Waals surface area contributed by atoms with Crippen LogP contribution < -0.4 is 0 Å². The van der Waals surface area contributed by atoms with Gasteiger partial charge in [0.15, 0.2) is 0 Å². The van der Waals surface area contributed by atoms with Crippen LogP contribution in [0.5, 0.6) is 0 Å². The Morgan fingerprint density at radius 1 is 1.33 bits per heavy atom. The topological polar surface area (TPSA) is 37.3 Å². The summed E-state index contributed by atoms with van der Waals surface area (Å²) in [7, 11) is 0. The number of alkyl halides is 3. The highest BCUT2D eigenvalue weighted by molar-refractivity contribution is 6.30. The Kier molecular flexibility index (Phi) is 2.85. The van der Waals surface area contributed by atoms with Crippen molar-refractivity contribution < 1.29 is 27.5 Å². The van der Waals surface area contributed by atoms with Gasteiger partial charge in [0, 0.05) is 11.4 Å². The number of aliphatic hydroxyl groups excluding tert-OH is 1. The lowest BCUT2D eigenvalue weighted by Gasteiger charge is -2.05. The number of benzene rings is 1. The molecule has 0 aromatic heterocycles. The summed E-state index contributed by atoms with van der Waals surface area (Å²) in [6.07, 6.45) is -5.59. The van der Waals surface area contributed by atoms with E-state index in [4.69, 9.17) is 11.6 Å². The molecule has 0 heterocycles. The van der Waals surface area contributed by atoms with E-state index >= 15 is 0 Å². The summed E-state index contributed by atoms with van der Waals surface area (Å²) >= 11 is 5.55. The Bertz CT molecular complexity index is 575. The summed E-state index contributed by atoms with van der Waals surface area (Å²) in [4.78, 5) is 11.0. The van der Waals surface area contributed by atoms with Crippen molar-refractivity contribution in [2.24, 2.45) is 0 Å². The second-order valence-corrected chi connectivity index (χ2v) is 4.19. The fraction of sp³-hybridized carbons (Fsp3) is 0.182. The van der Waals surface area contributed by atoms with Crippen molar-refractivity contribution in [2.75, 3.05) is 0 Å². The van der Waals surface area contributed by atoms with Gasteiger partial charge in [0.1, 0.15) is 11.6 Å². The van der Waals surface area contributed by atoms with E-state index in [2.05, 4.69) is 0 Å². The summed E-state index contributed by atoms with van der Waals surface area (Å²) in [5.41, 5.74) is -1.20. The molecule has 0 unspecified atom stereocenters. The molecule has 96 valence electrons. The minimum absolute atomic E-state index is 0.0141. The van der Waals surface area contributed by atoms with Crippen molar-refractivity contribution in [3.8, 4) is 0 Å². The number of aliphatic hydroxyl groups is 1. The van der Waals surface area contributed by atoms with Gasteiger partial charge in [0.25, 0.3) is 5.78 Å². The molecule has 0 aliphatic heterocycles. The molecule has 1 aromatic carbocycles. The molecule has 1 aliphatic rings. The summed E-state index contributed by atoms with van der Waals surface area (Å²) in [5, 5.41) is 9.51. The highest BCUT2D eigenvalue weighted by Crippen LogP contribution is 2.37. The zero-order valence-corrected chi connectivity index (χ0v) is 9.36. The van der Waals surface area contributed by atoms with Gasteiger partial charge in [-0.25, -0.2) is 4.39 Å². The summed E-state index contributed by atoms with van der Waals surface area (Å²) in [6.45, 7) is 0. The zero-order valence-electron chi connectivity index (χ0n) is 8.61. The molecule has 7 heteroatoms. The predicted octanol–water partition coefficient (Wildman–Crippen LogP) is 3.44. The van der Waals surface area contributed by atoms with Crippen LogP contribution in [0.1, 0.15) is 11.1 Å². The van der Waals surface area contributed by atoms with Gasteiger partial charge < -0.3 is 5.11 Å². The van der Waals surface area contributed by atoms with Gasteiger partial charge in [0.2, 0.25) is 0 Å². The quantitative estimate of drug-likeness (QED) is 0.800. The monoisotopic (exact) mass is 280 g/mol. The fourth-order valence-corrected chi connectivity index (χ4v) is 2.04. The van der Waals surface area contributed by atoms with E-state index in [0.717, 1.165) is 6.07 Å². The van der Waals surface area contributed by atoms with Crippen LogP contribution in [-0.2, 0) is 11.2 Å². The Morgan fingerprint density at radius 3 is 2.50 bits per heavy atom. The van der Waals surface area contributed by atoms with E-state index in [0.29, 0.717) is 0 Å². The highest BCUT2D eigenvalue weighted by atomic mass is 35.5. The van der Waals surface area contributed by atoms with E-state index < -0.39 is 41.1 Å². The Labute approximate surface area is 103 Å². The number of halogens is 5. The fourth-order valence-electron chi connectivity index (χ4n) is 1.82. The van der Waals surface area contributed by atoms with Gasteiger partial charge in [-0.1, -0.05) is 11.6 Å². The summed E-state index contributed by atoms with van der Waals surface area (Å²) in [6, 6.07) is 2.07. The minimum atomic E-state index is -5.11. The van der Waals surface area contributed by atoms with Crippen molar-refractivity contribution in [3.05, 3.63) is 39.7 Å². The van der Waals surface area contributed by atoms with Gasteiger partial charge in [-0.05, 0) is 17.7 Å². The molecule has 1 aromatic rings. The van der Waals surface area contributed by atoms with Crippen LogP contribution in [-0.4, -0.2) is 17.1 Å². The average Bonchev–Trinajstić information content (AvgIpc) is 2.53. The van der Waals surface area contributed by atoms with Crippen LogP contribution in [0.15, 0.2) is 17.7 Å². The molecule has 0 spiro atoms. The Balaban J connectivity index is 2.52. The van der Waals surface area contributed by atoms with E-state index in [1.54, 1.807) is 0 Å². The molecule has 2 rings (SSSR count). The Hall–Kier alpha value is -1.56. The number of Topliss-reactive ketones (excluding diaryl/α,β-unsaturated/α-hetero) is 1. The van der Waals surface area contributed by atoms with Crippen LogP contribution >= 0.6 is 11.6 Å². The maximum Gasteiger partial charge on any atom is 0.454 e. The van der Waals surface area contributed by atoms with Crippen molar-refractivity contribution in [2.45, 2.75) is 12.6 Å². The van der Waals surface area contributed by atoms with Crippen molar-refractivity contribution >= 4 is 23.1 Å². The van der Waals surface area contributed by atoms with Gasteiger partial charge >= 0.3 is 6.18 Å². The molecule has 1 aliphatic carbocycles. The number of fused-ring (bicyclic) bond motifs is 1. The summed E-state index contributed by atoms with van der Waals surface area (Å²) in [5.74, 6) is -4.10. The number of carbonyl (C=O) groups is 1. The SMILES string of the molecule is O=C(C1=C(O)c2c(F)cc(Cl)cc2C1)C(F)(F)F. The standard InChI is InChI=1S/C11H5ClF4O2/c12-5-1-4-2-6(10(18)11(14,15)16)9(17)8(4)7(13)3-5/h1,3,17H,2H2. The average molecular weight is 281 g/mol. The second-order valence-electron chi connectivity index (χ2n) is 3.75. The van der Waals surface area contributed by atoms with E-state index in [-0.39, 0.29) is 10.6 Å². The molecule has 0 saturated heterocycles. The maximum atomic E-state index is 13.5. The normalized spacial score (nSPS) is 14.9. The lowest BCUT2D eigenvalue weighted by atomic mass is 10.1. The van der Waals surface area contributed by atoms with Gasteiger partial charge in [-0.3, -0.25) is 4.79 Å². The van der Waals surface area contributed by atoms with Crippen molar-refractivity contribution in [3.63, 3.8) is 0 Å². The summed E-state index contributed by atoms with van der Waals surface area (Å²) < 4.78 is 50.3. The van der Waals surface area contributed by atoms with Gasteiger partial charge in [-0.2, -0.15) is 13.2 Å². The van der Waals surface area contributed by atoms with E-state index in [1.807, 2.05) is 0 Å². The molecule has 18 heavy (non-hydrogen) atoms. The van der Waals surface area contributed by atoms with Crippen molar-refractivity contribution in [1.82, 2.24) is 0 Å². The van der Waals surface area contributed by atoms with E-state index in [9.17, 15) is 27.5 Å². The third-order valence-corrected chi connectivity index (χ3v) is 2.78. The number of hydrogen-bond acceptors (Lipinski definition) is 2. The van der Waals surface area contributed by atoms with Crippen LogP contribution in [0.3, 0.4) is 0 Å². The van der Waals surface area contributed by atoms with Crippen LogP contribution in [0, 0.1) is 5.82 Å². The number of rotatable bonds is 1. The second kappa shape index (κ2) is 3.98. The van der Waals surface area contributed by atoms with Crippen LogP contribution in [0.4, 0.5) is 17.6 Å². The highest BCUT2D eigenvalue weighted by Gasteiger charge is 2.44. The molecule has 1 N–H and O–H groups in total. The third kappa shape index (κ3) is 1.96. The lowest BCUT2D eigenvalue weighted by molar-refractivity contribution is -0.166. The van der Waals surface area contributed by atoms with Crippen molar-refractivity contribution in [1.29, 1.82) is 0 Å². The molecule has 0 fully saturated rings. The number of carbonyl (C=O) groups excluding carboxylic acids is 1. The first-order valence-electron chi connectivity index (χ1n) is 4.73. The third-order valence-electron chi connectivity index (χ3n) is 2.56. The number of ketones is 1. The number of allylic oxidation sites excluding steroid dienone is 1. The molecular weight excluding hydrogens is 276 g/mol. The molecule has 0 radical (unpaired) electrons. The molecule has 0 bridgehead atoms. The first-order valence-corrected chi connectivity index (χ1v) is 5.11. The molecule has 2 nitrogen and oxygen atoms in total. The van der Waals surface area contributed by atoms with E-state index in [1.165, 1.54) is 6.07 Å². The molecule has 0 atom stereocenters. The zero-order chi connectivity index (χ0) is 13.7. The first-order chi connectivity index (χ1) is 8.21. The van der Waals surface area contributed by atoms with Crippen LogP contribution in [0.2, 0.25) is 5.02 Å².